The van der Waals surface area contributed by atoms with Gasteiger partial charge in [-0.2, -0.15) is 0 Å². The summed E-state index contributed by atoms with van der Waals surface area (Å²) in [4.78, 5) is 4.38. The van der Waals surface area contributed by atoms with Crippen molar-refractivity contribution in [3.63, 3.8) is 0 Å². The van der Waals surface area contributed by atoms with Crippen LogP contribution in [-0.4, -0.2) is 10.5 Å². The van der Waals surface area contributed by atoms with Crippen LogP contribution < -0.4 is 10.1 Å². The topological polar surface area (TPSA) is 34.1 Å². The van der Waals surface area contributed by atoms with Crippen molar-refractivity contribution in [2.45, 2.75) is 46.7 Å². The molecule has 1 heterocycles. The van der Waals surface area contributed by atoms with Crippen molar-refractivity contribution in [2.24, 2.45) is 0 Å². The highest BCUT2D eigenvalue weighted by Crippen LogP contribution is 2.26. The van der Waals surface area contributed by atoms with Gasteiger partial charge in [0.2, 0.25) is 0 Å². The number of pyridine rings is 1. The minimum absolute atomic E-state index is 0.0615. The number of ether oxygens (including phenoxy) is 1. The molecular weight excluding hydrogens is 260 g/mol. The fraction of sp³-hybridized carbons (Fsp3) is 0.389. The van der Waals surface area contributed by atoms with E-state index in [0.717, 1.165) is 29.3 Å². The number of aryl methyl sites for hydroxylation is 2. The Morgan fingerprint density at radius 2 is 1.76 bits per heavy atom. The fourth-order valence-electron chi connectivity index (χ4n) is 1.88. The van der Waals surface area contributed by atoms with Gasteiger partial charge in [0, 0.05) is 35.6 Å². The normalized spacial score (nSPS) is 11.5. The van der Waals surface area contributed by atoms with E-state index in [4.69, 9.17) is 4.74 Å². The van der Waals surface area contributed by atoms with Crippen molar-refractivity contribution in [1.82, 2.24) is 10.3 Å². The Balaban J connectivity index is 2.20. The Morgan fingerprint density at radius 1 is 1.10 bits per heavy atom. The molecule has 21 heavy (non-hydrogen) atoms. The summed E-state index contributed by atoms with van der Waals surface area (Å²) in [5.74, 6) is 1.71. The number of nitrogens with one attached hydrogen (secondary N) is 1. The Hall–Kier alpha value is -1.87. The monoisotopic (exact) mass is 284 g/mol. The number of nitrogens with zero attached hydrogens (tertiary/aromatic N) is 1. The Bertz CT molecular complexity index is 598. The average molecular weight is 284 g/mol. The predicted molar refractivity (Wildman–Crippen MR) is 86.8 cm³/mol. The molecule has 0 aliphatic rings. The molecule has 0 atom stereocenters. The third-order valence-corrected chi connectivity index (χ3v) is 3.14. The lowest BCUT2D eigenvalue weighted by Gasteiger charge is -2.21. The van der Waals surface area contributed by atoms with Crippen molar-refractivity contribution >= 4 is 0 Å². The van der Waals surface area contributed by atoms with Gasteiger partial charge in [-0.15, -0.1) is 0 Å². The molecule has 3 nitrogen and oxygen atoms in total. The Kier molecular flexibility index (Phi) is 4.63. The van der Waals surface area contributed by atoms with Gasteiger partial charge in [0.05, 0.1) is 0 Å². The van der Waals surface area contributed by atoms with Crippen LogP contribution in [0.15, 0.2) is 36.5 Å². The van der Waals surface area contributed by atoms with Crippen LogP contribution >= 0.6 is 0 Å². The summed E-state index contributed by atoms with van der Waals surface area (Å²) in [5.41, 5.74) is 3.31. The highest BCUT2D eigenvalue weighted by atomic mass is 16.5. The van der Waals surface area contributed by atoms with E-state index in [2.05, 4.69) is 50.1 Å². The first-order chi connectivity index (χ1) is 9.83. The lowest BCUT2D eigenvalue weighted by atomic mass is 10.1. The minimum Gasteiger partial charge on any atom is -0.457 e. The molecule has 0 aliphatic heterocycles. The van der Waals surface area contributed by atoms with E-state index in [1.807, 2.05) is 31.3 Å². The summed E-state index contributed by atoms with van der Waals surface area (Å²) in [5, 5.41) is 3.47. The first kappa shape index (κ1) is 15.5. The molecule has 2 aromatic rings. The van der Waals surface area contributed by atoms with Crippen LogP contribution in [0.4, 0.5) is 0 Å². The second-order valence-electron chi connectivity index (χ2n) is 6.45. The van der Waals surface area contributed by atoms with E-state index in [1.165, 1.54) is 5.56 Å². The van der Waals surface area contributed by atoms with Crippen LogP contribution in [0.1, 0.15) is 37.6 Å². The molecule has 0 fully saturated rings. The molecule has 0 bridgehead atoms. The highest BCUT2D eigenvalue weighted by Gasteiger charge is 2.12. The molecule has 1 N–H and O–H groups in total. The maximum absolute atomic E-state index is 6.03. The van der Waals surface area contributed by atoms with E-state index in [-0.39, 0.29) is 5.54 Å². The molecule has 0 spiro atoms. The SMILES string of the molecule is Cc1ccc(Oc2cc(C)ncc2CNC(C)(C)C)cc1. The number of hydrogen-bond acceptors (Lipinski definition) is 3. The van der Waals surface area contributed by atoms with Crippen LogP contribution in [0.3, 0.4) is 0 Å². The zero-order valence-electron chi connectivity index (χ0n) is 13.5. The molecule has 0 saturated heterocycles. The number of benzene rings is 1. The molecule has 2 rings (SSSR count). The van der Waals surface area contributed by atoms with Gasteiger partial charge >= 0.3 is 0 Å². The lowest BCUT2D eigenvalue weighted by Crippen LogP contribution is -2.35. The third kappa shape index (κ3) is 4.87. The smallest absolute Gasteiger partial charge is 0.135 e. The van der Waals surface area contributed by atoms with Crippen LogP contribution in [0.25, 0.3) is 0 Å². The fourth-order valence-corrected chi connectivity index (χ4v) is 1.88. The second-order valence-corrected chi connectivity index (χ2v) is 6.45. The molecule has 3 heteroatoms. The largest absolute Gasteiger partial charge is 0.457 e. The van der Waals surface area contributed by atoms with Crippen LogP contribution in [-0.2, 0) is 6.54 Å². The Labute approximate surface area is 127 Å². The molecule has 0 amide bonds. The summed E-state index contributed by atoms with van der Waals surface area (Å²) in [6.45, 7) is 11.2. The zero-order chi connectivity index (χ0) is 15.5. The highest BCUT2D eigenvalue weighted by molar-refractivity contribution is 5.38. The molecule has 1 aromatic heterocycles. The number of aromatic nitrogens is 1. The molecular formula is C18H24N2O. The van der Waals surface area contributed by atoms with E-state index < -0.39 is 0 Å². The molecule has 112 valence electrons. The van der Waals surface area contributed by atoms with Crippen LogP contribution in [0.5, 0.6) is 11.5 Å². The molecule has 0 unspecified atom stereocenters. The standard InChI is InChI=1S/C18H24N2O/c1-13-6-8-16(9-7-13)21-17-10-14(2)19-11-15(17)12-20-18(3,4)5/h6-11,20H,12H2,1-5H3. The van der Waals surface area contributed by atoms with E-state index in [0.29, 0.717) is 0 Å². The van der Waals surface area contributed by atoms with Crippen molar-refractivity contribution in [3.05, 3.63) is 53.3 Å². The minimum atomic E-state index is 0.0615. The summed E-state index contributed by atoms with van der Waals surface area (Å²) in [6, 6.07) is 10.1. The number of rotatable bonds is 4. The van der Waals surface area contributed by atoms with Gasteiger partial charge in [-0.3, -0.25) is 4.98 Å². The van der Waals surface area contributed by atoms with Crippen molar-refractivity contribution < 1.29 is 4.74 Å². The first-order valence-corrected chi connectivity index (χ1v) is 7.28. The van der Waals surface area contributed by atoms with Gasteiger partial charge in [0.25, 0.3) is 0 Å². The molecule has 1 aromatic carbocycles. The third-order valence-electron chi connectivity index (χ3n) is 3.14. The second kappa shape index (κ2) is 6.27. The predicted octanol–water partition coefficient (Wildman–Crippen LogP) is 4.38. The summed E-state index contributed by atoms with van der Waals surface area (Å²) in [7, 11) is 0. The van der Waals surface area contributed by atoms with E-state index in [9.17, 15) is 0 Å². The van der Waals surface area contributed by atoms with Gasteiger partial charge in [-0.05, 0) is 46.8 Å². The number of hydrogen-bond donors (Lipinski definition) is 1. The quantitative estimate of drug-likeness (QED) is 0.904. The van der Waals surface area contributed by atoms with Gasteiger partial charge in [-0.1, -0.05) is 17.7 Å². The maximum atomic E-state index is 6.03. The first-order valence-electron chi connectivity index (χ1n) is 7.28. The van der Waals surface area contributed by atoms with Crippen molar-refractivity contribution in [3.8, 4) is 11.5 Å². The molecule has 0 saturated carbocycles. The lowest BCUT2D eigenvalue weighted by molar-refractivity contribution is 0.413. The van der Waals surface area contributed by atoms with Gasteiger partial charge < -0.3 is 10.1 Å². The Morgan fingerprint density at radius 3 is 2.38 bits per heavy atom. The summed E-state index contributed by atoms with van der Waals surface area (Å²) < 4.78 is 6.03. The van der Waals surface area contributed by atoms with Crippen LogP contribution in [0, 0.1) is 13.8 Å². The molecule has 0 aliphatic carbocycles. The van der Waals surface area contributed by atoms with Crippen molar-refractivity contribution in [1.29, 1.82) is 0 Å². The maximum Gasteiger partial charge on any atom is 0.135 e. The zero-order valence-corrected chi connectivity index (χ0v) is 13.5. The van der Waals surface area contributed by atoms with E-state index in [1.54, 1.807) is 0 Å². The van der Waals surface area contributed by atoms with Gasteiger partial charge in [0.15, 0.2) is 0 Å². The average Bonchev–Trinajstić information content (AvgIpc) is 2.39. The van der Waals surface area contributed by atoms with E-state index >= 15 is 0 Å². The van der Waals surface area contributed by atoms with Gasteiger partial charge in [0.1, 0.15) is 11.5 Å². The van der Waals surface area contributed by atoms with Crippen molar-refractivity contribution in [2.75, 3.05) is 0 Å². The van der Waals surface area contributed by atoms with Gasteiger partial charge in [-0.25, -0.2) is 0 Å². The summed E-state index contributed by atoms with van der Waals surface area (Å²) in [6.07, 6.45) is 1.89. The van der Waals surface area contributed by atoms with Crippen LogP contribution in [0.2, 0.25) is 0 Å². The molecule has 0 radical (unpaired) electrons. The summed E-state index contributed by atoms with van der Waals surface area (Å²) >= 11 is 0.